The SMILES string of the molecule is Ic1ccc(C#Cc2cnc3c(ccc4cccnc43)c2)cc1. The molecule has 0 spiro atoms. The first-order valence-electron chi connectivity index (χ1n) is 7.21. The van der Waals surface area contributed by atoms with Gasteiger partial charge in [-0.1, -0.05) is 30.0 Å². The Balaban J connectivity index is 1.78. The molecule has 4 rings (SSSR count). The molecule has 2 aromatic carbocycles. The highest BCUT2D eigenvalue weighted by Crippen LogP contribution is 2.22. The van der Waals surface area contributed by atoms with Gasteiger partial charge >= 0.3 is 0 Å². The van der Waals surface area contributed by atoms with Crippen LogP contribution in [0.3, 0.4) is 0 Å². The van der Waals surface area contributed by atoms with Gasteiger partial charge in [0.2, 0.25) is 0 Å². The van der Waals surface area contributed by atoms with Crippen molar-refractivity contribution in [1.29, 1.82) is 0 Å². The van der Waals surface area contributed by atoms with E-state index in [1.807, 2.05) is 30.5 Å². The van der Waals surface area contributed by atoms with Crippen LogP contribution in [0, 0.1) is 15.4 Å². The van der Waals surface area contributed by atoms with E-state index in [-0.39, 0.29) is 0 Å². The number of rotatable bonds is 0. The second-order valence-electron chi connectivity index (χ2n) is 5.19. The Labute approximate surface area is 147 Å². The van der Waals surface area contributed by atoms with Gasteiger partial charge in [-0.15, -0.1) is 0 Å². The van der Waals surface area contributed by atoms with E-state index in [9.17, 15) is 0 Å². The smallest absolute Gasteiger partial charge is 0.0965 e. The van der Waals surface area contributed by atoms with E-state index in [1.54, 1.807) is 6.20 Å². The summed E-state index contributed by atoms with van der Waals surface area (Å²) in [4.78, 5) is 9.01. The molecule has 0 radical (unpaired) electrons. The fourth-order valence-corrected chi connectivity index (χ4v) is 2.84. The van der Waals surface area contributed by atoms with E-state index in [2.05, 4.69) is 74.7 Å². The molecule has 0 aliphatic rings. The van der Waals surface area contributed by atoms with Gasteiger partial charge in [-0.25, -0.2) is 0 Å². The van der Waals surface area contributed by atoms with Gasteiger partial charge in [0.25, 0.3) is 0 Å². The van der Waals surface area contributed by atoms with Crippen molar-refractivity contribution in [2.24, 2.45) is 0 Å². The maximum atomic E-state index is 4.57. The van der Waals surface area contributed by atoms with E-state index >= 15 is 0 Å². The van der Waals surface area contributed by atoms with Crippen LogP contribution in [0.5, 0.6) is 0 Å². The maximum Gasteiger partial charge on any atom is 0.0965 e. The van der Waals surface area contributed by atoms with Crippen molar-refractivity contribution in [2.45, 2.75) is 0 Å². The molecule has 23 heavy (non-hydrogen) atoms. The number of halogens is 1. The number of benzene rings is 2. The monoisotopic (exact) mass is 406 g/mol. The van der Waals surface area contributed by atoms with Gasteiger partial charge in [-0.3, -0.25) is 9.97 Å². The lowest BCUT2D eigenvalue weighted by atomic mass is 10.1. The van der Waals surface area contributed by atoms with Gasteiger partial charge in [0.05, 0.1) is 11.0 Å². The quantitative estimate of drug-likeness (QED) is 0.239. The second-order valence-corrected chi connectivity index (χ2v) is 6.44. The third-order valence-electron chi connectivity index (χ3n) is 3.62. The summed E-state index contributed by atoms with van der Waals surface area (Å²) >= 11 is 2.29. The molecule has 0 atom stereocenters. The highest BCUT2D eigenvalue weighted by Gasteiger charge is 2.02. The van der Waals surface area contributed by atoms with E-state index in [4.69, 9.17) is 0 Å². The molecular weight excluding hydrogens is 395 g/mol. The van der Waals surface area contributed by atoms with Crippen LogP contribution >= 0.6 is 22.6 Å². The van der Waals surface area contributed by atoms with Crippen molar-refractivity contribution < 1.29 is 0 Å². The van der Waals surface area contributed by atoms with Crippen molar-refractivity contribution in [1.82, 2.24) is 9.97 Å². The molecule has 0 unspecified atom stereocenters. The van der Waals surface area contributed by atoms with Gasteiger partial charge < -0.3 is 0 Å². The van der Waals surface area contributed by atoms with Crippen LogP contribution in [0.15, 0.2) is 67.0 Å². The highest BCUT2D eigenvalue weighted by atomic mass is 127. The van der Waals surface area contributed by atoms with Gasteiger partial charge in [-0.05, 0) is 59.0 Å². The minimum absolute atomic E-state index is 0.909. The Morgan fingerprint density at radius 2 is 1.48 bits per heavy atom. The summed E-state index contributed by atoms with van der Waals surface area (Å²) in [6, 6.07) is 18.4. The van der Waals surface area contributed by atoms with Crippen molar-refractivity contribution in [3.8, 4) is 11.8 Å². The number of hydrogen-bond donors (Lipinski definition) is 0. The molecule has 0 bridgehead atoms. The lowest BCUT2D eigenvalue weighted by Crippen LogP contribution is -1.86. The van der Waals surface area contributed by atoms with Crippen molar-refractivity contribution in [2.75, 3.05) is 0 Å². The Morgan fingerprint density at radius 3 is 2.35 bits per heavy atom. The molecule has 2 heterocycles. The van der Waals surface area contributed by atoms with Crippen molar-refractivity contribution >= 4 is 44.4 Å². The molecule has 0 aliphatic carbocycles. The molecule has 0 aliphatic heterocycles. The summed E-state index contributed by atoms with van der Waals surface area (Å²) in [6.07, 6.45) is 3.62. The number of hydrogen-bond acceptors (Lipinski definition) is 2. The predicted molar refractivity (Wildman–Crippen MR) is 102 cm³/mol. The van der Waals surface area contributed by atoms with Gasteiger partial charge in [0, 0.05) is 37.9 Å². The lowest BCUT2D eigenvalue weighted by Gasteiger charge is -2.02. The van der Waals surface area contributed by atoms with E-state index < -0.39 is 0 Å². The standard InChI is InChI=1S/C20H11IN2/c21-18-9-5-14(6-10-18)3-4-15-12-17-8-7-16-2-1-11-22-19(16)20(17)23-13-15/h1-2,5-13H. The molecule has 0 fully saturated rings. The number of aromatic nitrogens is 2. The van der Waals surface area contributed by atoms with Crippen LogP contribution in [0.4, 0.5) is 0 Å². The summed E-state index contributed by atoms with van der Waals surface area (Å²) < 4.78 is 1.21. The first kappa shape index (κ1) is 14.2. The molecule has 2 aromatic heterocycles. The first-order chi connectivity index (χ1) is 11.3. The number of pyridine rings is 2. The van der Waals surface area contributed by atoms with E-state index in [1.165, 1.54) is 3.57 Å². The van der Waals surface area contributed by atoms with Crippen LogP contribution in [0.2, 0.25) is 0 Å². The molecule has 0 N–H and O–H groups in total. The molecular formula is C20H11IN2. The minimum Gasteiger partial charge on any atom is -0.254 e. The molecule has 4 aromatic rings. The number of fused-ring (bicyclic) bond motifs is 3. The van der Waals surface area contributed by atoms with Crippen molar-refractivity contribution in [3.05, 3.63) is 81.7 Å². The normalized spacial score (nSPS) is 10.5. The lowest BCUT2D eigenvalue weighted by molar-refractivity contribution is 1.36. The zero-order valence-corrected chi connectivity index (χ0v) is 14.3. The second kappa shape index (κ2) is 5.98. The molecule has 0 saturated carbocycles. The van der Waals surface area contributed by atoms with Crippen LogP contribution in [-0.2, 0) is 0 Å². The zero-order valence-electron chi connectivity index (χ0n) is 12.1. The molecule has 0 saturated heterocycles. The van der Waals surface area contributed by atoms with Gasteiger partial charge in [-0.2, -0.15) is 0 Å². The zero-order chi connectivity index (χ0) is 15.6. The minimum atomic E-state index is 0.909. The Kier molecular flexibility index (Phi) is 3.68. The summed E-state index contributed by atoms with van der Waals surface area (Å²) in [5.74, 6) is 6.37. The van der Waals surface area contributed by atoms with E-state index in [0.717, 1.165) is 32.9 Å². The summed E-state index contributed by atoms with van der Waals surface area (Å²) in [7, 11) is 0. The van der Waals surface area contributed by atoms with Gasteiger partial charge in [0.15, 0.2) is 0 Å². The molecule has 3 heteroatoms. The average Bonchev–Trinajstić information content (AvgIpc) is 2.61. The van der Waals surface area contributed by atoms with Crippen LogP contribution in [0.25, 0.3) is 21.8 Å². The summed E-state index contributed by atoms with van der Waals surface area (Å²) in [5.41, 5.74) is 3.77. The van der Waals surface area contributed by atoms with Crippen molar-refractivity contribution in [3.63, 3.8) is 0 Å². The largest absolute Gasteiger partial charge is 0.254 e. The summed E-state index contributed by atoms with van der Waals surface area (Å²) in [6.45, 7) is 0. The molecule has 108 valence electrons. The highest BCUT2D eigenvalue weighted by molar-refractivity contribution is 14.1. The topological polar surface area (TPSA) is 25.8 Å². The van der Waals surface area contributed by atoms with Crippen LogP contribution in [-0.4, -0.2) is 9.97 Å². The third kappa shape index (κ3) is 2.90. The Bertz CT molecular complexity index is 1070. The first-order valence-corrected chi connectivity index (χ1v) is 8.28. The van der Waals surface area contributed by atoms with Crippen LogP contribution < -0.4 is 0 Å². The molecule has 2 nitrogen and oxygen atoms in total. The Hall–Kier alpha value is -2.45. The fourth-order valence-electron chi connectivity index (χ4n) is 2.48. The summed E-state index contributed by atoms with van der Waals surface area (Å²) in [5, 5.41) is 2.16. The predicted octanol–water partition coefficient (Wildman–Crippen LogP) is 4.79. The maximum absolute atomic E-state index is 4.57. The van der Waals surface area contributed by atoms with Gasteiger partial charge in [0.1, 0.15) is 0 Å². The average molecular weight is 406 g/mol. The van der Waals surface area contributed by atoms with Crippen LogP contribution in [0.1, 0.15) is 11.1 Å². The third-order valence-corrected chi connectivity index (χ3v) is 4.34. The Morgan fingerprint density at radius 1 is 0.739 bits per heavy atom. The fraction of sp³-hybridized carbons (Fsp3) is 0. The molecule has 0 amide bonds. The van der Waals surface area contributed by atoms with E-state index in [0.29, 0.717) is 0 Å². The number of nitrogens with zero attached hydrogens (tertiary/aromatic N) is 2.